The Bertz CT molecular complexity index is 1030. The molecule has 0 aliphatic carbocycles. The highest BCUT2D eigenvalue weighted by Gasteiger charge is 2.30. The third-order valence-electron chi connectivity index (χ3n) is 5.57. The van der Waals surface area contributed by atoms with Crippen molar-refractivity contribution in [2.75, 3.05) is 19.6 Å². The fourth-order valence-corrected chi connectivity index (χ4v) is 3.98. The summed E-state index contributed by atoms with van der Waals surface area (Å²) in [4.78, 5) is 16.0. The zero-order valence-corrected chi connectivity index (χ0v) is 17.1. The molecule has 1 amide bonds. The normalized spacial score (nSPS) is 16.8. The minimum absolute atomic E-state index is 0. The second kappa shape index (κ2) is 8.49. The molecule has 9 nitrogen and oxygen atoms in total. The first-order chi connectivity index (χ1) is 14.2. The largest absolute Gasteiger partial charge is 0.337 e. The summed E-state index contributed by atoms with van der Waals surface area (Å²) >= 11 is 0. The van der Waals surface area contributed by atoms with Crippen molar-refractivity contribution < 1.29 is 9.18 Å². The third kappa shape index (κ3) is 3.80. The van der Waals surface area contributed by atoms with Crippen LogP contribution in [0.2, 0.25) is 0 Å². The van der Waals surface area contributed by atoms with Crippen LogP contribution in [-0.2, 0) is 13.1 Å². The molecule has 0 radical (unpaired) electrons. The number of hydrogen-bond donors (Lipinski definition) is 1. The van der Waals surface area contributed by atoms with Crippen molar-refractivity contribution in [3.05, 3.63) is 53.6 Å². The van der Waals surface area contributed by atoms with Gasteiger partial charge in [0.25, 0.3) is 5.91 Å². The van der Waals surface area contributed by atoms with Gasteiger partial charge in [-0.15, -0.1) is 27.7 Å². The van der Waals surface area contributed by atoms with Crippen LogP contribution in [0.25, 0.3) is 5.69 Å². The van der Waals surface area contributed by atoms with E-state index in [4.69, 9.17) is 0 Å². The van der Waals surface area contributed by atoms with Gasteiger partial charge in [0.1, 0.15) is 17.5 Å². The average Bonchev–Trinajstić information content (AvgIpc) is 3.42. The Hall–Kier alpha value is -2.85. The van der Waals surface area contributed by atoms with E-state index in [0.29, 0.717) is 30.4 Å². The molecule has 1 aromatic carbocycles. The first-order valence-corrected chi connectivity index (χ1v) is 9.79. The van der Waals surface area contributed by atoms with E-state index in [0.717, 1.165) is 44.1 Å². The minimum atomic E-state index is -0.328. The van der Waals surface area contributed by atoms with Crippen molar-refractivity contribution in [2.24, 2.45) is 0 Å². The molecular weight excluding hydrogens is 411 g/mol. The molecule has 0 atom stereocenters. The molecule has 1 N–H and O–H groups in total. The molecule has 0 spiro atoms. The number of carbonyl (C=O) groups is 1. The summed E-state index contributed by atoms with van der Waals surface area (Å²) in [7, 11) is 0. The van der Waals surface area contributed by atoms with Crippen LogP contribution in [0.4, 0.5) is 4.39 Å². The number of benzene rings is 1. The summed E-state index contributed by atoms with van der Waals surface area (Å²) in [5.74, 6) is 1.88. The monoisotopic (exact) mass is 432 g/mol. The standard InChI is InChI=1S/C19H21FN8O.ClH/c20-14-1-3-15(4-2-14)28-22-11-16(25-28)19(29)26-8-5-13(6-9-26)18-24-23-17-12-21-7-10-27(17)18;/h1-4,11,13,21H,5-10,12H2;1H. The lowest BCUT2D eigenvalue weighted by Crippen LogP contribution is -2.39. The number of fused-ring (bicyclic) bond motifs is 1. The summed E-state index contributed by atoms with van der Waals surface area (Å²) < 4.78 is 15.3. The lowest BCUT2D eigenvalue weighted by atomic mass is 9.95. The maximum atomic E-state index is 13.1. The van der Waals surface area contributed by atoms with Gasteiger partial charge in [0.15, 0.2) is 5.69 Å². The maximum Gasteiger partial charge on any atom is 0.276 e. The predicted molar refractivity (Wildman–Crippen MR) is 108 cm³/mol. The second-order valence-electron chi connectivity index (χ2n) is 7.36. The summed E-state index contributed by atoms with van der Waals surface area (Å²) in [5, 5.41) is 20.4. The number of nitrogens with one attached hydrogen (secondary N) is 1. The van der Waals surface area contributed by atoms with E-state index in [-0.39, 0.29) is 24.1 Å². The molecule has 5 rings (SSSR count). The van der Waals surface area contributed by atoms with Gasteiger partial charge < -0.3 is 14.8 Å². The molecule has 4 heterocycles. The molecule has 1 saturated heterocycles. The summed E-state index contributed by atoms with van der Waals surface area (Å²) in [6, 6.07) is 5.82. The van der Waals surface area contributed by atoms with Crippen LogP contribution in [-0.4, -0.2) is 60.2 Å². The van der Waals surface area contributed by atoms with Crippen molar-refractivity contribution in [1.29, 1.82) is 0 Å². The Balaban J connectivity index is 0.00000218. The zero-order valence-electron chi connectivity index (χ0n) is 16.2. The summed E-state index contributed by atoms with van der Waals surface area (Å²) in [5.41, 5.74) is 0.897. The Labute approximate surface area is 178 Å². The molecule has 3 aromatic rings. The Morgan fingerprint density at radius 2 is 1.87 bits per heavy atom. The van der Waals surface area contributed by atoms with Crippen LogP contribution in [0, 0.1) is 5.82 Å². The SMILES string of the molecule is Cl.O=C(c1cnn(-c2ccc(F)cc2)n1)N1CCC(c2nnc3n2CCNC3)CC1. The first-order valence-electron chi connectivity index (χ1n) is 9.79. The number of nitrogens with zero attached hydrogens (tertiary/aromatic N) is 7. The molecule has 11 heteroatoms. The molecule has 1 fully saturated rings. The smallest absolute Gasteiger partial charge is 0.276 e. The topological polar surface area (TPSA) is 93.8 Å². The number of likely N-dealkylation sites (tertiary alicyclic amines) is 1. The van der Waals surface area contributed by atoms with Gasteiger partial charge in [-0.3, -0.25) is 4.79 Å². The lowest BCUT2D eigenvalue weighted by molar-refractivity contribution is 0.0703. The average molecular weight is 433 g/mol. The third-order valence-corrected chi connectivity index (χ3v) is 5.57. The second-order valence-corrected chi connectivity index (χ2v) is 7.36. The maximum absolute atomic E-state index is 13.1. The Morgan fingerprint density at radius 3 is 2.63 bits per heavy atom. The zero-order chi connectivity index (χ0) is 19.8. The van der Waals surface area contributed by atoms with E-state index < -0.39 is 0 Å². The van der Waals surface area contributed by atoms with Crippen LogP contribution < -0.4 is 5.32 Å². The van der Waals surface area contributed by atoms with Gasteiger partial charge in [-0.2, -0.15) is 9.90 Å². The van der Waals surface area contributed by atoms with Gasteiger partial charge in [-0.1, -0.05) is 0 Å². The fourth-order valence-electron chi connectivity index (χ4n) is 3.98. The van der Waals surface area contributed by atoms with Gasteiger partial charge in [0, 0.05) is 32.1 Å². The molecule has 0 unspecified atom stereocenters. The van der Waals surface area contributed by atoms with E-state index in [9.17, 15) is 9.18 Å². The molecular formula is C19H22ClFN8O. The number of aromatic nitrogens is 6. The molecule has 158 valence electrons. The molecule has 2 aliphatic rings. The van der Waals surface area contributed by atoms with Crippen molar-refractivity contribution in [1.82, 2.24) is 40.0 Å². The first kappa shape index (κ1) is 20.4. The van der Waals surface area contributed by atoms with Gasteiger partial charge in [0.05, 0.1) is 18.4 Å². The van der Waals surface area contributed by atoms with Gasteiger partial charge in [-0.05, 0) is 37.1 Å². The molecule has 0 saturated carbocycles. The minimum Gasteiger partial charge on any atom is -0.337 e. The highest BCUT2D eigenvalue weighted by molar-refractivity contribution is 5.92. The van der Waals surface area contributed by atoms with Crippen LogP contribution in [0.15, 0.2) is 30.5 Å². The van der Waals surface area contributed by atoms with Crippen molar-refractivity contribution >= 4 is 18.3 Å². The predicted octanol–water partition coefficient (Wildman–Crippen LogP) is 1.54. The van der Waals surface area contributed by atoms with E-state index in [1.165, 1.54) is 23.1 Å². The molecule has 30 heavy (non-hydrogen) atoms. The Kier molecular flexibility index (Phi) is 5.78. The molecule has 0 bridgehead atoms. The van der Waals surface area contributed by atoms with Gasteiger partial charge in [-0.25, -0.2) is 4.39 Å². The fraction of sp³-hybridized carbons (Fsp3) is 0.421. The van der Waals surface area contributed by atoms with Crippen LogP contribution in [0.3, 0.4) is 0 Å². The lowest BCUT2D eigenvalue weighted by Gasteiger charge is -2.31. The Morgan fingerprint density at radius 1 is 1.10 bits per heavy atom. The summed E-state index contributed by atoms with van der Waals surface area (Å²) in [6.45, 7) is 3.87. The van der Waals surface area contributed by atoms with Crippen LogP contribution in [0.1, 0.15) is 40.9 Å². The van der Waals surface area contributed by atoms with E-state index >= 15 is 0 Å². The van der Waals surface area contributed by atoms with Crippen molar-refractivity contribution in [2.45, 2.75) is 31.8 Å². The van der Waals surface area contributed by atoms with E-state index in [1.807, 2.05) is 4.90 Å². The van der Waals surface area contributed by atoms with Crippen LogP contribution in [0.5, 0.6) is 0 Å². The number of amides is 1. The van der Waals surface area contributed by atoms with Gasteiger partial charge in [0.2, 0.25) is 0 Å². The molecule has 2 aliphatic heterocycles. The number of halogens is 2. The number of piperidine rings is 1. The highest BCUT2D eigenvalue weighted by Crippen LogP contribution is 2.28. The van der Waals surface area contributed by atoms with Crippen molar-refractivity contribution in [3.8, 4) is 5.69 Å². The highest BCUT2D eigenvalue weighted by atomic mass is 35.5. The number of rotatable bonds is 3. The summed E-state index contributed by atoms with van der Waals surface area (Å²) in [6.07, 6.45) is 3.16. The quantitative estimate of drug-likeness (QED) is 0.674. The number of hydrogen-bond acceptors (Lipinski definition) is 6. The number of carbonyl (C=O) groups excluding carboxylic acids is 1. The van der Waals surface area contributed by atoms with E-state index in [2.05, 4.69) is 30.3 Å². The van der Waals surface area contributed by atoms with Gasteiger partial charge >= 0.3 is 0 Å². The molecule has 2 aromatic heterocycles. The van der Waals surface area contributed by atoms with Crippen molar-refractivity contribution in [3.63, 3.8) is 0 Å². The van der Waals surface area contributed by atoms with Crippen LogP contribution >= 0.6 is 12.4 Å². The van der Waals surface area contributed by atoms with E-state index in [1.54, 1.807) is 12.1 Å².